The van der Waals surface area contributed by atoms with Crippen molar-refractivity contribution in [2.24, 2.45) is 11.1 Å². The van der Waals surface area contributed by atoms with Crippen molar-refractivity contribution in [3.05, 3.63) is 81.0 Å². The van der Waals surface area contributed by atoms with E-state index in [9.17, 15) is 14.7 Å². The molecule has 0 saturated carbocycles. The lowest BCUT2D eigenvalue weighted by Gasteiger charge is -2.30. The number of carbonyl (C=O) groups is 2. The molecule has 48 heavy (non-hydrogen) atoms. The Morgan fingerprint density at radius 1 is 1.10 bits per heavy atom. The number of nitrogens with two attached hydrogens (primary N) is 1. The number of nitrogen functional groups attached to an aromatic ring is 1. The predicted octanol–water partition coefficient (Wildman–Crippen LogP) is 5.28. The van der Waals surface area contributed by atoms with Gasteiger partial charge < -0.3 is 26.4 Å². The fourth-order valence-corrected chi connectivity index (χ4v) is 7.83. The highest BCUT2D eigenvalue weighted by atomic mass is 32.1. The third-order valence-corrected chi connectivity index (χ3v) is 10.7. The summed E-state index contributed by atoms with van der Waals surface area (Å²) in [6.07, 6.45) is 3.43. The topological polar surface area (TPSA) is 135 Å². The number of fused-ring (bicyclic) bond motifs is 3. The Kier molecular flexibility index (Phi) is 10.7. The molecule has 0 radical (unpaired) electrons. The minimum absolute atomic E-state index is 0.0350. The summed E-state index contributed by atoms with van der Waals surface area (Å²) in [7, 11) is 4.11. The van der Waals surface area contributed by atoms with Crippen LogP contribution in [0.15, 0.2) is 53.9 Å². The molecule has 12 heteroatoms. The maximum Gasteiger partial charge on any atom is 0.299 e. The number of carbonyl (C=O) groups excluding carboxylic acids is 2. The molecule has 2 aromatic carbocycles. The first kappa shape index (κ1) is 35.6. The molecule has 5 rings (SSSR count). The normalized spacial score (nSPS) is 21.0. The third kappa shape index (κ3) is 7.62. The van der Waals surface area contributed by atoms with Gasteiger partial charge >= 0.3 is 0 Å². The van der Waals surface area contributed by atoms with Gasteiger partial charge in [-0.1, -0.05) is 50.1 Å². The van der Waals surface area contributed by atoms with E-state index in [4.69, 9.17) is 11.1 Å². The number of unbranched alkanes of at least 4 members (excludes halogenated alkanes) is 2. The fourth-order valence-electron chi connectivity index (χ4n) is 6.92. The minimum atomic E-state index is -3.14. The molecule has 2 amide bonds. The predicted molar refractivity (Wildman–Crippen MR) is 185 cm³/mol. The molecule has 3 aromatic rings. The van der Waals surface area contributed by atoms with Crippen molar-refractivity contribution in [1.82, 2.24) is 20.4 Å². The van der Waals surface area contributed by atoms with Gasteiger partial charge in [0.15, 0.2) is 0 Å². The van der Waals surface area contributed by atoms with Crippen LogP contribution in [-0.2, 0) is 10.7 Å². The molecule has 2 aliphatic rings. The zero-order valence-corrected chi connectivity index (χ0v) is 28.8. The van der Waals surface area contributed by atoms with Gasteiger partial charge in [-0.2, -0.15) is 8.78 Å². The van der Waals surface area contributed by atoms with Crippen LogP contribution < -0.4 is 16.4 Å². The molecule has 6 N–H and O–H groups in total. The van der Waals surface area contributed by atoms with Gasteiger partial charge in [0, 0.05) is 39.1 Å². The van der Waals surface area contributed by atoms with Gasteiger partial charge in [-0.15, -0.1) is 11.3 Å². The smallest absolute Gasteiger partial charge is 0.299 e. The SMILES string of the molecule is C[C@@H](NC(=O)[C@@H]1C[C@](C)(CCCCCN(C)C)CN1C(O)CNC(=O)c1ccc2c(c1)-c1ccccc1C2(F)F)c1cc(C(=N)N)cs1. The fraction of sp³-hybridized carbons (Fsp3) is 0.472. The summed E-state index contributed by atoms with van der Waals surface area (Å²) in [4.78, 5) is 31.8. The number of hydrogen-bond acceptors (Lipinski definition) is 7. The molecule has 258 valence electrons. The number of aliphatic hydroxyl groups excluding tert-OH is 1. The number of aliphatic hydroxyl groups is 1. The summed E-state index contributed by atoms with van der Waals surface area (Å²) in [6, 6.07) is 11.3. The van der Waals surface area contributed by atoms with Crippen molar-refractivity contribution in [1.29, 1.82) is 5.41 Å². The maximum absolute atomic E-state index is 15.0. The van der Waals surface area contributed by atoms with Gasteiger partial charge in [-0.05, 0) is 81.6 Å². The molecule has 1 aliphatic carbocycles. The second-order valence-electron chi connectivity index (χ2n) is 13.8. The van der Waals surface area contributed by atoms with Crippen LogP contribution in [0, 0.1) is 10.8 Å². The second kappa shape index (κ2) is 14.4. The molecule has 1 aliphatic heterocycles. The maximum atomic E-state index is 15.0. The van der Waals surface area contributed by atoms with Gasteiger partial charge in [0.2, 0.25) is 5.91 Å². The summed E-state index contributed by atoms with van der Waals surface area (Å²) < 4.78 is 30.0. The van der Waals surface area contributed by atoms with Crippen LogP contribution in [0.2, 0.25) is 0 Å². The van der Waals surface area contributed by atoms with Crippen molar-refractivity contribution in [2.45, 2.75) is 70.2 Å². The summed E-state index contributed by atoms with van der Waals surface area (Å²) in [5.41, 5.74) is 6.71. The zero-order valence-electron chi connectivity index (χ0n) is 28.0. The Morgan fingerprint density at radius 2 is 1.83 bits per heavy atom. The quantitative estimate of drug-likeness (QED) is 0.0894. The molecular formula is C36H46F2N6O3S. The number of rotatable bonds is 14. The number of amides is 2. The largest absolute Gasteiger partial charge is 0.384 e. The van der Waals surface area contributed by atoms with E-state index >= 15 is 8.78 Å². The molecule has 1 aromatic heterocycles. The van der Waals surface area contributed by atoms with Gasteiger partial charge in [-0.3, -0.25) is 19.9 Å². The first-order valence-electron chi connectivity index (χ1n) is 16.4. The lowest BCUT2D eigenvalue weighted by atomic mass is 9.82. The van der Waals surface area contributed by atoms with E-state index in [1.807, 2.05) is 6.92 Å². The molecule has 4 atom stereocenters. The molecular weight excluding hydrogens is 634 g/mol. The molecule has 0 bridgehead atoms. The highest BCUT2D eigenvalue weighted by molar-refractivity contribution is 7.10. The monoisotopic (exact) mass is 680 g/mol. The van der Waals surface area contributed by atoms with E-state index in [0.717, 1.165) is 37.1 Å². The van der Waals surface area contributed by atoms with Crippen molar-refractivity contribution < 1.29 is 23.5 Å². The Balaban J connectivity index is 1.27. The summed E-state index contributed by atoms with van der Waals surface area (Å²) in [6.45, 7) is 5.36. The third-order valence-electron chi connectivity index (χ3n) is 9.56. The number of nitrogens with zero attached hydrogens (tertiary/aromatic N) is 2. The summed E-state index contributed by atoms with van der Waals surface area (Å²) in [5.74, 6) is -3.90. The van der Waals surface area contributed by atoms with E-state index < -0.39 is 24.1 Å². The number of benzene rings is 2. The van der Waals surface area contributed by atoms with Gasteiger partial charge in [0.25, 0.3) is 11.8 Å². The van der Waals surface area contributed by atoms with Crippen LogP contribution in [0.5, 0.6) is 0 Å². The first-order chi connectivity index (χ1) is 22.7. The van der Waals surface area contributed by atoms with Crippen LogP contribution in [0.4, 0.5) is 8.78 Å². The highest BCUT2D eigenvalue weighted by Crippen LogP contribution is 2.51. The first-order valence-corrected chi connectivity index (χ1v) is 17.3. The lowest BCUT2D eigenvalue weighted by Crippen LogP contribution is -2.51. The Hall–Kier alpha value is -3.71. The second-order valence-corrected chi connectivity index (χ2v) is 14.7. The van der Waals surface area contributed by atoms with E-state index in [-0.39, 0.29) is 46.4 Å². The number of likely N-dealkylation sites (tertiary alicyclic amines) is 1. The van der Waals surface area contributed by atoms with Crippen LogP contribution >= 0.6 is 11.3 Å². The van der Waals surface area contributed by atoms with Gasteiger partial charge in [-0.25, -0.2) is 0 Å². The number of thiophene rings is 1. The number of amidine groups is 1. The number of nitrogens with one attached hydrogen (secondary N) is 3. The van der Waals surface area contributed by atoms with E-state index in [1.54, 1.807) is 34.5 Å². The minimum Gasteiger partial charge on any atom is -0.384 e. The van der Waals surface area contributed by atoms with Crippen LogP contribution in [0.1, 0.15) is 83.9 Å². The Morgan fingerprint density at radius 3 is 2.54 bits per heavy atom. The molecule has 2 heterocycles. The molecule has 9 nitrogen and oxygen atoms in total. The Labute approximate surface area is 285 Å². The Bertz CT molecular complexity index is 1660. The van der Waals surface area contributed by atoms with Crippen molar-refractivity contribution in [3.8, 4) is 11.1 Å². The van der Waals surface area contributed by atoms with Crippen LogP contribution in [0.25, 0.3) is 11.1 Å². The van der Waals surface area contributed by atoms with Crippen molar-refractivity contribution in [3.63, 3.8) is 0 Å². The lowest BCUT2D eigenvalue weighted by molar-refractivity contribution is -0.129. The van der Waals surface area contributed by atoms with E-state index in [0.29, 0.717) is 29.7 Å². The summed E-state index contributed by atoms with van der Waals surface area (Å²) in [5, 5.41) is 26.8. The van der Waals surface area contributed by atoms with E-state index in [2.05, 4.69) is 36.6 Å². The molecule has 1 unspecified atom stereocenters. The van der Waals surface area contributed by atoms with Gasteiger partial charge in [0.05, 0.1) is 18.6 Å². The summed E-state index contributed by atoms with van der Waals surface area (Å²) >= 11 is 1.42. The van der Waals surface area contributed by atoms with Crippen molar-refractivity contribution >= 4 is 29.0 Å². The number of hydrogen-bond donors (Lipinski definition) is 5. The van der Waals surface area contributed by atoms with E-state index in [1.165, 1.54) is 35.6 Å². The number of halogens is 2. The molecule has 1 saturated heterocycles. The highest BCUT2D eigenvalue weighted by Gasteiger charge is 2.47. The standard InChI is InChI=1S/C36H46F2N6O3S/c1-22(30-17-24(20-48-30)32(39)40)42-34(47)29-18-35(2,14-8-5-9-15-43(3)4)21-44(29)31(45)19-41-33(46)23-12-13-28-26(16-23)25-10-6-7-11-27(25)36(28,37)38/h6-7,10-13,16-17,20,22,29,31,45H,5,8-9,14-15,18-19,21H2,1-4H3,(H3,39,40)(H,41,46)(H,42,47)/t22-,29+,31?,35+/m1/s1. The van der Waals surface area contributed by atoms with Crippen LogP contribution in [-0.4, -0.2) is 78.6 Å². The molecule has 0 spiro atoms. The van der Waals surface area contributed by atoms with Crippen molar-refractivity contribution in [2.75, 3.05) is 33.7 Å². The van der Waals surface area contributed by atoms with Gasteiger partial charge in [0.1, 0.15) is 12.1 Å². The molecule has 1 fully saturated rings. The average Bonchev–Trinajstić information content (AvgIpc) is 3.74. The number of alkyl halides is 2. The average molecular weight is 681 g/mol. The zero-order chi connectivity index (χ0) is 34.8. The van der Waals surface area contributed by atoms with Crippen LogP contribution in [0.3, 0.4) is 0 Å².